The van der Waals surface area contributed by atoms with Crippen LogP contribution < -0.4 is 10.2 Å². The summed E-state index contributed by atoms with van der Waals surface area (Å²) in [5.74, 6) is 1.16. The molecule has 0 saturated carbocycles. The lowest BCUT2D eigenvalue weighted by Gasteiger charge is -2.42. The van der Waals surface area contributed by atoms with Crippen LogP contribution in [0, 0.1) is 17.2 Å². The van der Waals surface area contributed by atoms with Crippen molar-refractivity contribution in [2.24, 2.45) is 5.92 Å². The fourth-order valence-electron chi connectivity index (χ4n) is 4.49. The molecule has 4 heterocycles. The van der Waals surface area contributed by atoms with Gasteiger partial charge < -0.3 is 10.2 Å². The number of hydrogen-bond acceptors (Lipinski definition) is 6. The zero-order valence-corrected chi connectivity index (χ0v) is 17.2. The molecule has 30 heavy (non-hydrogen) atoms. The van der Waals surface area contributed by atoms with E-state index in [1.54, 1.807) is 18.6 Å². The third kappa shape index (κ3) is 4.95. The zero-order valence-electron chi connectivity index (χ0n) is 17.2. The molecule has 4 rings (SSSR count). The van der Waals surface area contributed by atoms with Crippen LogP contribution >= 0.6 is 0 Å². The van der Waals surface area contributed by atoms with E-state index in [2.05, 4.69) is 31.2 Å². The number of carbonyl (C=O) groups is 1. The van der Waals surface area contributed by atoms with Gasteiger partial charge in [-0.25, -0.2) is 4.98 Å². The van der Waals surface area contributed by atoms with Crippen LogP contribution in [0.2, 0.25) is 0 Å². The minimum Gasteiger partial charge on any atom is -0.357 e. The van der Waals surface area contributed by atoms with Crippen LogP contribution in [-0.2, 0) is 11.3 Å². The van der Waals surface area contributed by atoms with Gasteiger partial charge in [-0.1, -0.05) is 6.07 Å². The van der Waals surface area contributed by atoms with Gasteiger partial charge in [-0.05, 0) is 56.0 Å². The molecule has 2 aliphatic heterocycles. The first-order chi connectivity index (χ1) is 14.7. The molecule has 156 valence electrons. The van der Waals surface area contributed by atoms with Gasteiger partial charge in [-0.3, -0.25) is 14.7 Å². The predicted octanol–water partition coefficient (Wildman–Crippen LogP) is 2.35. The summed E-state index contributed by atoms with van der Waals surface area (Å²) >= 11 is 0. The Balaban J connectivity index is 1.26. The molecule has 0 radical (unpaired) electrons. The fourth-order valence-corrected chi connectivity index (χ4v) is 4.49. The molecule has 2 aliphatic rings. The van der Waals surface area contributed by atoms with Gasteiger partial charge in [0.1, 0.15) is 11.9 Å². The summed E-state index contributed by atoms with van der Waals surface area (Å²) in [6.45, 7) is 4.37. The topological polar surface area (TPSA) is 85.2 Å². The van der Waals surface area contributed by atoms with Crippen molar-refractivity contribution in [1.82, 2.24) is 20.2 Å². The number of rotatable bonds is 5. The lowest BCUT2D eigenvalue weighted by Crippen LogP contribution is -2.50. The normalized spacial score (nSPS) is 20.5. The van der Waals surface area contributed by atoms with Crippen LogP contribution in [0.15, 0.2) is 42.9 Å². The molecule has 1 N–H and O–H groups in total. The molecule has 2 fully saturated rings. The number of likely N-dealkylation sites (tertiary alicyclic amines) is 1. The van der Waals surface area contributed by atoms with E-state index in [0.29, 0.717) is 18.2 Å². The smallest absolute Gasteiger partial charge is 0.224 e. The second kappa shape index (κ2) is 9.68. The number of pyridine rings is 2. The van der Waals surface area contributed by atoms with Gasteiger partial charge >= 0.3 is 0 Å². The first-order valence-electron chi connectivity index (χ1n) is 10.7. The first-order valence-corrected chi connectivity index (χ1v) is 10.7. The molecule has 1 atom stereocenters. The van der Waals surface area contributed by atoms with Gasteiger partial charge in [-0.2, -0.15) is 5.26 Å². The highest BCUT2D eigenvalue weighted by Crippen LogP contribution is 2.26. The van der Waals surface area contributed by atoms with Crippen LogP contribution in [0.5, 0.6) is 0 Å². The van der Waals surface area contributed by atoms with Crippen LogP contribution in [0.25, 0.3) is 0 Å². The number of piperidine rings is 2. The number of aromatic nitrogens is 2. The van der Waals surface area contributed by atoms with Crippen molar-refractivity contribution in [3.63, 3.8) is 0 Å². The summed E-state index contributed by atoms with van der Waals surface area (Å²) in [5, 5.41) is 12.0. The first kappa shape index (κ1) is 20.3. The van der Waals surface area contributed by atoms with E-state index in [-0.39, 0.29) is 11.8 Å². The molecule has 7 heteroatoms. The molecule has 0 bridgehead atoms. The van der Waals surface area contributed by atoms with Crippen LogP contribution in [-0.4, -0.2) is 53.0 Å². The molecule has 0 unspecified atom stereocenters. The Morgan fingerprint density at radius 2 is 2.03 bits per heavy atom. The standard InChI is InChI=1S/C23H28N6O/c24-13-18-5-6-22(26-15-18)28-11-7-21(8-12-28)29-10-2-4-20(17-29)23(30)27-16-19-3-1-9-25-14-19/h1,3,5-6,9,14-15,20-21H,2,4,7-8,10-12,16-17H2,(H,27,30)/t20-/m1/s1. The molecule has 2 aromatic rings. The van der Waals surface area contributed by atoms with E-state index in [4.69, 9.17) is 5.26 Å². The number of anilines is 1. The van der Waals surface area contributed by atoms with Crippen molar-refractivity contribution in [3.8, 4) is 6.07 Å². The second-order valence-electron chi connectivity index (χ2n) is 8.15. The molecule has 7 nitrogen and oxygen atoms in total. The van der Waals surface area contributed by atoms with Crippen molar-refractivity contribution in [3.05, 3.63) is 54.0 Å². The summed E-state index contributed by atoms with van der Waals surface area (Å²) in [5.41, 5.74) is 1.62. The lowest BCUT2D eigenvalue weighted by molar-refractivity contribution is -0.127. The number of nitriles is 1. The monoisotopic (exact) mass is 404 g/mol. The van der Waals surface area contributed by atoms with Gasteiger partial charge in [0.25, 0.3) is 0 Å². The molecular formula is C23H28N6O. The molecule has 0 spiro atoms. The molecular weight excluding hydrogens is 376 g/mol. The minimum absolute atomic E-state index is 0.0636. The van der Waals surface area contributed by atoms with E-state index in [9.17, 15) is 4.79 Å². The Labute approximate surface area is 177 Å². The van der Waals surface area contributed by atoms with Crippen molar-refractivity contribution >= 4 is 11.7 Å². The summed E-state index contributed by atoms with van der Waals surface area (Å²) in [4.78, 5) is 26.0. The summed E-state index contributed by atoms with van der Waals surface area (Å²) in [6, 6.07) is 10.3. The molecule has 2 aromatic heterocycles. The van der Waals surface area contributed by atoms with Crippen molar-refractivity contribution in [2.75, 3.05) is 31.1 Å². The van der Waals surface area contributed by atoms with E-state index >= 15 is 0 Å². The van der Waals surface area contributed by atoms with Crippen molar-refractivity contribution < 1.29 is 4.79 Å². The second-order valence-corrected chi connectivity index (χ2v) is 8.15. The number of hydrogen-bond donors (Lipinski definition) is 1. The maximum absolute atomic E-state index is 12.7. The maximum atomic E-state index is 12.7. The van der Waals surface area contributed by atoms with Crippen LogP contribution in [0.4, 0.5) is 5.82 Å². The highest BCUT2D eigenvalue weighted by atomic mass is 16.1. The maximum Gasteiger partial charge on any atom is 0.224 e. The Bertz CT molecular complexity index is 871. The van der Waals surface area contributed by atoms with E-state index in [1.165, 1.54) is 0 Å². The third-order valence-electron chi connectivity index (χ3n) is 6.19. The average Bonchev–Trinajstić information content (AvgIpc) is 2.83. The SMILES string of the molecule is N#Cc1ccc(N2CCC(N3CCC[C@@H](C(=O)NCc4cccnc4)C3)CC2)nc1. The quantitative estimate of drug-likeness (QED) is 0.823. The summed E-state index contributed by atoms with van der Waals surface area (Å²) in [6.07, 6.45) is 9.36. The van der Waals surface area contributed by atoms with Gasteiger partial charge in [0.15, 0.2) is 0 Å². The number of carbonyl (C=O) groups excluding carboxylic acids is 1. The highest BCUT2D eigenvalue weighted by molar-refractivity contribution is 5.78. The predicted molar refractivity (Wildman–Crippen MR) is 115 cm³/mol. The van der Waals surface area contributed by atoms with E-state index in [0.717, 1.165) is 63.2 Å². The van der Waals surface area contributed by atoms with Gasteiger partial charge in [-0.15, -0.1) is 0 Å². The number of nitrogens with zero attached hydrogens (tertiary/aromatic N) is 5. The third-order valence-corrected chi connectivity index (χ3v) is 6.19. The largest absolute Gasteiger partial charge is 0.357 e. The van der Waals surface area contributed by atoms with Crippen molar-refractivity contribution in [1.29, 1.82) is 5.26 Å². The molecule has 0 aliphatic carbocycles. The van der Waals surface area contributed by atoms with Crippen LogP contribution in [0.1, 0.15) is 36.8 Å². The van der Waals surface area contributed by atoms with Gasteiger partial charge in [0, 0.05) is 50.8 Å². The molecule has 2 saturated heterocycles. The Morgan fingerprint density at radius 3 is 2.73 bits per heavy atom. The lowest BCUT2D eigenvalue weighted by atomic mass is 9.93. The fraction of sp³-hybridized carbons (Fsp3) is 0.478. The molecule has 1 amide bonds. The average molecular weight is 405 g/mol. The van der Waals surface area contributed by atoms with E-state index < -0.39 is 0 Å². The van der Waals surface area contributed by atoms with Gasteiger partial charge in [0.2, 0.25) is 5.91 Å². The van der Waals surface area contributed by atoms with Crippen molar-refractivity contribution in [2.45, 2.75) is 38.3 Å². The summed E-state index contributed by atoms with van der Waals surface area (Å²) < 4.78 is 0. The number of amides is 1. The Kier molecular flexibility index (Phi) is 6.55. The van der Waals surface area contributed by atoms with Crippen LogP contribution in [0.3, 0.4) is 0 Å². The summed E-state index contributed by atoms with van der Waals surface area (Å²) in [7, 11) is 0. The number of nitrogens with one attached hydrogen (secondary N) is 1. The molecule has 0 aromatic carbocycles. The Morgan fingerprint density at radius 1 is 1.17 bits per heavy atom. The van der Waals surface area contributed by atoms with E-state index in [1.807, 2.05) is 24.3 Å². The Hall–Kier alpha value is -2.98. The highest BCUT2D eigenvalue weighted by Gasteiger charge is 2.31. The minimum atomic E-state index is 0.0636. The van der Waals surface area contributed by atoms with Gasteiger partial charge in [0.05, 0.1) is 11.5 Å². The zero-order chi connectivity index (χ0) is 20.8.